The Bertz CT molecular complexity index is 1150. The minimum absolute atomic E-state index is 0.0791. The van der Waals surface area contributed by atoms with E-state index in [1.165, 1.54) is 13.2 Å². The molecule has 2 aromatic carbocycles. The number of methoxy groups -OCH3 is 1. The summed E-state index contributed by atoms with van der Waals surface area (Å²) in [6.07, 6.45) is 0. The Morgan fingerprint density at radius 2 is 1.93 bits per heavy atom. The number of carbonyl (C=O) groups is 2. The number of hydrogen-bond donors (Lipinski definition) is 1. The third-order valence-electron chi connectivity index (χ3n) is 5.33. The van der Waals surface area contributed by atoms with Crippen molar-refractivity contribution in [1.82, 2.24) is 10.3 Å². The number of ether oxygens (including phenoxy) is 1. The van der Waals surface area contributed by atoms with Crippen LogP contribution in [-0.2, 0) is 4.79 Å². The number of aromatic nitrogens is 1. The van der Waals surface area contributed by atoms with Gasteiger partial charge in [-0.15, -0.1) is 0 Å². The zero-order valence-electron chi connectivity index (χ0n) is 16.8. The van der Waals surface area contributed by atoms with Crippen LogP contribution in [-0.4, -0.2) is 28.5 Å². The molecule has 2 heterocycles. The number of benzene rings is 2. The average molecular weight is 424 g/mol. The van der Waals surface area contributed by atoms with Gasteiger partial charge in [0, 0.05) is 22.4 Å². The lowest BCUT2D eigenvalue weighted by atomic mass is 9.85. The molecule has 1 aliphatic heterocycles. The van der Waals surface area contributed by atoms with Crippen molar-refractivity contribution in [2.75, 3.05) is 7.11 Å². The van der Waals surface area contributed by atoms with Gasteiger partial charge in [-0.1, -0.05) is 55.9 Å². The molecule has 5 nitrogen and oxygen atoms in total. The minimum atomic E-state index is -0.534. The first-order valence-electron chi connectivity index (χ1n) is 9.64. The summed E-state index contributed by atoms with van der Waals surface area (Å²) in [7, 11) is 1.53. The number of carbonyl (C=O) groups excluding carboxylic acids is 2. The van der Waals surface area contributed by atoms with E-state index in [4.69, 9.17) is 4.74 Å². The quantitative estimate of drug-likeness (QED) is 0.614. The second-order valence-electron chi connectivity index (χ2n) is 7.56. The van der Waals surface area contributed by atoms with Gasteiger partial charge in [0.25, 0.3) is 5.24 Å². The minimum Gasteiger partial charge on any atom is -0.481 e. The van der Waals surface area contributed by atoms with Crippen molar-refractivity contribution in [2.45, 2.75) is 25.0 Å². The third kappa shape index (κ3) is 3.65. The molecular weight excluding hydrogens is 403 g/mol. The highest BCUT2D eigenvalue weighted by atomic mass is 32.2. The van der Waals surface area contributed by atoms with Gasteiger partial charge in [-0.2, -0.15) is 0 Å². The fourth-order valence-electron chi connectivity index (χ4n) is 3.90. The summed E-state index contributed by atoms with van der Waals surface area (Å²) < 4.78 is 19.8. The van der Waals surface area contributed by atoms with Crippen LogP contribution in [0.2, 0.25) is 0 Å². The van der Waals surface area contributed by atoms with E-state index >= 15 is 0 Å². The number of nitrogens with one attached hydrogen (secondary N) is 1. The van der Waals surface area contributed by atoms with E-state index in [-0.39, 0.29) is 28.8 Å². The van der Waals surface area contributed by atoms with Gasteiger partial charge in [0.2, 0.25) is 11.8 Å². The molecule has 0 bridgehead atoms. The van der Waals surface area contributed by atoms with E-state index in [1.807, 2.05) is 44.2 Å². The van der Waals surface area contributed by atoms with Crippen molar-refractivity contribution < 1.29 is 18.7 Å². The molecular formula is C23H21FN2O3S. The highest BCUT2D eigenvalue weighted by Gasteiger charge is 2.41. The first-order valence-corrected chi connectivity index (χ1v) is 10.5. The van der Waals surface area contributed by atoms with Gasteiger partial charge in [-0.05, 0) is 29.5 Å². The van der Waals surface area contributed by atoms with E-state index in [0.717, 1.165) is 28.3 Å². The summed E-state index contributed by atoms with van der Waals surface area (Å²) in [6, 6.07) is 14.2. The molecule has 0 radical (unpaired) electrons. The number of rotatable bonds is 5. The molecule has 0 aliphatic carbocycles. The number of hydrogen-bond acceptors (Lipinski definition) is 5. The van der Waals surface area contributed by atoms with Crippen molar-refractivity contribution in [1.29, 1.82) is 0 Å². The van der Waals surface area contributed by atoms with E-state index in [1.54, 1.807) is 12.1 Å². The molecule has 1 aromatic heterocycles. The largest absolute Gasteiger partial charge is 0.481 e. The molecule has 2 unspecified atom stereocenters. The van der Waals surface area contributed by atoms with E-state index in [2.05, 4.69) is 10.3 Å². The van der Waals surface area contributed by atoms with Crippen LogP contribution in [0.25, 0.3) is 22.0 Å². The SMILES string of the molecule is COc1nc(-c2ccc3cccc(F)c3c2)ccc1C(C(C)C)C1SC(=O)NC1=O. The van der Waals surface area contributed by atoms with Crippen LogP contribution < -0.4 is 10.1 Å². The van der Waals surface area contributed by atoms with Crippen molar-refractivity contribution in [2.24, 2.45) is 5.92 Å². The lowest BCUT2D eigenvalue weighted by molar-refractivity contribution is -0.119. The normalized spacial score (nSPS) is 17.4. The summed E-state index contributed by atoms with van der Waals surface area (Å²) in [5.41, 5.74) is 2.18. The number of fused-ring (bicyclic) bond motifs is 1. The Labute approximate surface area is 178 Å². The lowest BCUT2D eigenvalue weighted by Gasteiger charge is -2.26. The fourth-order valence-corrected chi connectivity index (χ4v) is 5.06. The van der Waals surface area contributed by atoms with E-state index < -0.39 is 5.25 Å². The van der Waals surface area contributed by atoms with Gasteiger partial charge in [0.15, 0.2) is 0 Å². The summed E-state index contributed by atoms with van der Waals surface area (Å²) in [5, 5.41) is 2.83. The number of pyridine rings is 1. The average Bonchev–Trinajstić information content (AvgIpc) is 3.05. The van der Waals surface area contributed by atoms with Gasteiger partial charge >= 0.3 is 0 Å². The first-order chi connectivity index (χ1) is 14.4. The van der Waals surface area contributed by atoms with Crippen LogP contribution in [0.15, 0.2) is 48.5 Å². The standard InChI is InChI=1S/C23H21FN2O3S/c1-12(2)19(20-21(27)26-23(28)30-20)15-9-10-18(25-22(15)29-3)14-8-7-13-5-4-6-17(24)16(13)11-14/h4-12,19-20H,1-3H3,(H,26,27,28). The Morgan fingerprint density at radius 3 is 2.60 bits per heavy atom. The van der Waals surface area contributed by atoms with Gasteiger partial charge < -0.3 is 4.74 Å². The molecule has 1 N–H and O–H groups in total. The molecule has 2 atom stereocenters. The zero-order valence-corrected chi connectivity index (χ0v) is 17.6. The number of imide groups is 1. The predicted molar refractivity (Wildman–Crippen MR) is 116 cm³/mol. The Kier molecular flexibility index (Phi) is 5.47. The number of nitrogens with zero attached hydrogens (tertiary/aromatic N) is 1. The molecule has 30 heavy (non-hydrogen) atoms. The van der Waals surface area contributed by atoms with Gasteiger partial charge in [0.1, 0.15) is 11.1 Å². The van der Waals surface area contributed by atoms with Crippen molar-refractivity contribution in [3.05, 3.63) is 59.9 Å². The number of amides is 2. The molecule has 1 saturated heterocycles. The highest BCUT2D eigenvalue weighted by molar-refractivity contribution is 8.15. The molecule has 4 rings (SSSR count). The van der Waals surface area contributed by atoms with E-state index in [0.29, 0.717) is 17.0 Å². The highest BCUT2D eigenvalue weighted by Crippen LogP contribution is 2.41. The molecule has 0 spiro atoms. The first kappa shape index (κ1) is 20.3. The summed E-state index contributed by atoms with van der Waals surface area (Å²) in [6.45, 7) is 4.00. The van der Waals surface area contributed by atoms with Gasteiger partial charge in [0.05, 0.1) is 12.8 Å². The van der Waals surface area contributed by atoms with Gasteiger partial charge in [-0.25, -0.2) is 9.37 Å². The lowest BCUT2D eigenvalue weighted by Crippen LogP contribution is -2.31. The zero-order chi connectivity index (χ0) is 21.4. The van der Waals surface area contributed by atoms with E-state index in [9.17, 15) is 14.0 Å². The van der Waals surface area contributed by atoms with Crippen molar-refractivity contribution >= 4 is 33.7 Å². The summed E-state index contributed by atoms with van der Waals surface area (Å²) in [5.74, 6) is -0.346. The summed E-state index contributed by atoms with van der Waals surface area (Å²) in [4.78, 5) is 28.6. The third-order valence-corrected chi connectivity index (χ3v) is 6.41. The maximum Gasteiger partial charge on any atom is 0.286 e. The van der Waals surface area contributed by atoms with Crippen molar-refractivity contribution in [3.8, 4) is 17.1 Å². The predicted octanol–water partition coefficient (Wildman–Crippen LogP) is 5.14. The Morgan fingerprint density at radius 1 is 1.13 bits per heavy atom. The molecule has 3 aromatic rings. The maximum atomic E-state index is 14.2. The fraction of sp³-hybridized carbons (Fsp3) is 0.261. The second-order valence-corrected chi connectivity index (χ2v) is 8.67. The van der Waals surface area contributed by atoms with Crippen LogP contribution in [0, 0.1) is 11.7 Å². The molecule has 1 fully saturated rings. The monoisotopic (exact) mass is 424 g/mol. The smallest absolute Gasteiger partial charge is 0.286 e. The molecule has 1 aliphatic rings. The van der Waals surface area contributed by atoms with Crippen LogP contribution in [0.5, 0.6) is 5.88 Å². The molecule has 2 amide bonds. The number of halogens is 1. The Balaban J connectivity index is 1.77. The molecule has 7 heteroatoms. The molecule has 154 valence electrons. The van der Waals surface area contributed by atoms with Crippen molar-refractivity contribution in [3.63, 3.8) is 0 Å². The van der Waals surface area contributed by atoms with Crippen LogP contribution in [0.1, 0.15) is 25.3 Å². The van der Waals surface area contributed by atoms with Crippen LogP contribution in [0.3, 0.4) is 0 Å². The maximum absolute atomic E-state index is 14.2. The van der Waals surface area contributed by atoms with Crippen LogP contribution >= 0.6 is 11.8 Å². The summed E-state index contributed by atoms with van der Waals surface area (Å²) >= 11 is 1.00. The van der Waals surface area contributed by atoms with Crippen LogP contribution in [0.4, 0.5) is 9.18 Å². The van der Waals surface area contributed by atoms with Gasteiger partial charge in [-0.3, -0.25) is 14.9 Å². The topological polar surface area (TPSA) is 68.3 Å². The Hall–Kier alpha value is -2.93. The second kappa shape index (κ2) is 8.07. The number of thioether (sulfide) groups is 1. The molecule has 0 saturated carbocycles.